The van der Waals surface area contributed by atoms with Gasteiger partial charge < -0.3 is 10.4 Å². The predicted molar refractivity (Wildman–Crippen MR) is 119 cm³/mol. The van der Waals surface area contributed by atoms with E-state index in [1.807, 2.05) is 0 Å². The summed E-state index contributed by atoms with van der Waals surface area (Å²) >= 11 is 0. The minimum Gasteiger partial charge on any atom is -0.390 e. The van der Waals surface area contributed by atoms with Crippen LogP contribution < -0.4 is 10.0 Å². The Labute approximate surface area is 195 Å². The fourth-order valence-corrected chi connectivity index (χ4v) is 3.62. The first-order chi connectivity index (χ1) is 15.6. The summed E-state index contributed by atoms with van der Waals surface area (Å²) in [7, 11) is -2.36. The molecule has 13 heteroatoms. The number of nitrogens with zero attached hydrogens (tertiary/aromatic N) is 4. The normalized spacial score (nSPS) is 13.2. The molecule has 0 fully saturated rings. The third-order valence-electron chi connectivity index (χ3n) is 5.81. The Morgan fingerprint density at radius 1 is 1.03 bits per heavy atom. The number of benzene rings is 1. The average molecular weight is 499 g/mol. The summed E-state index contributed by atoms with van der Waals surface area (Å²) in [5, 5.41) is 17.3. The molecule has 0 atom stereocenters. The SMILES string of the molecule is CNS(=O)(=O)c1ccc(Nc2ncc(C(F)(F)F)c(-n3cc(C(C)(C)C(C)(C)O)cn3)n2)cc1. The number of anilines is 2. The molecule has 0 unspecified atom stereocenters. The fourth-order valence-electron chi connectivity index (χ4n) is 2.89. The van der Waals surface area contributed by atoms with Crippen LogP contribution in [0.5, 0.6) is 0 Å². The van der Waals surface area contributed by atoms with Crippen molar-refractivity contribution in [1.29, 1.82) is 0 Å². The Kier molecular flexibility index (Phi) is 6.50. The Bertz CT molecular complexity index is 1280. The number of hydrogen-bond acceptors (Lipinski definition) is 7. The lowest BCUT2D eigenvalue weighted by Crippen LogP contribution is -2.42. The molecule has 0 aliphatic heterocycles. The van der Waals surface area contributed by atoms with Crippen LogP contribution in [0.4, 0.5) is 24.8 Å². The summed E-state index contributed by atoms with van der Waals surface area (Å²) in [4.78, 5) is 7.79. The highest BCUT2D eigenvalue weighted by Crippen LogP contribution is 2.36. The third-order valence-corrected chi connectivity index (χ3v) is 7.24. The first kappa shape index (κ1) is 25.6. The van der Waals surface area contributed by atoms with Crippen molar-refractivity contribution in [2.75, 3.05) is 12.4 Å². The van der Waals surface area contributed by atoms with E-state index in [9.17, 15) is 26.7 Å². The molecule has 1 aromatic carbocycles. The maximum absolute atomic E-state index is 13.7. The van der Waals surface area contributed by atoms with Crippen molar-refractivity contribution < 1.29 is 26.7 Å². The summed E-state index contributed by atoms with van der Waals surface area (Å²) < 4.78 is 67.9. The van der Waals surface area contributed by atoms with Crippen LogP contribution in [-0.2, 0) is 21.6 Å². The second-order valence-electron chi connectivity index (χ2n) is 8.64. The Morgan fingerprint density at radius 3 is 2.18 bits per heavy atom. The predicted octanol–water partition coefficient (Wildman–Crippen LogP) is 3.38. The molecule has 0 saturated heterocycles. The van der Waals surface area contributed by atoms with Gasteiger partial charge in [0.2, 0.25) is 16.0 Å². The molecule has 0 aliphatic carbocycles. The van der Waals surface area contributed by atoms with E-state index in [0.717, 1.165) is 4.68 Å². The Balaban J connectivity index is 2.01. The van der Waals surface area contributed by atoms with Crippen LogP contribution in [0, 0.1) is 0 Å². The molecule has 2 heterocycles. The highest BCUT2D eigenvalue weighted by molar-refractivity contribution is 7.89. The van der Waals surface area contributed by atoms with E-state index in [1.165, 1.54) is 43.7 Å². The van der Waals surface area contributed by atoms with Gasteiger partial charge >= 0.3 is 6.18 Å². The molecule has 3 aromatic rings. The number of rotatable bonds is 7. The highest BCUT2D eigenvalue weighted by Gasteiger charge is 2.39. The van der Waals surface area contributed by atoms with E-state index >= 15 is 0 Å². The van der Waals surface area contributed by atoms with Crippen molar-refractivity contribution in [1.82, 2.24) is 24.5 Å². The quantitative estimate of drug-likeness (QED) is 0.457. The summed E-state index contributed by atoms with van der Waals surface area (Å²) in [5.41, 5.74) is -2.19. The molecule has 184 valence electrons. The standard InChI is InChI=1S/C21H25F3N6O3S/c1-19(2,20(3,4)31)13-10-27-30(12-13)17-16(21(22,23)24)11-26-18(29-17)28-14-6-8-15(9-7-14)34(32,33)25-5/h6-12,25,31H,1-5H3,(H,26,28,29). The monoisotopic (exact) mass is 498 g/mol. The molecular formula is C21H25F3N6O3S. The first-order valence-electron chi connectivity index (χ1n) is 10.1. The molecule has 0 spiro atoms. The van der Waals surface area contributed by atoms with Gasteiger partial charge in [0, 0.05) is 23.5 Å². The van der Waals surface area contributed by atoms with E-state index in [4.69, 9.17) is 0 Å². The van der Waals surface area contributed by atoms with E-state index in [0.29, 0.717) is 17.4 Å². The van der Waals surface area contributed by atoms with E-state index < -0.39 is 38.6 Å². The van der Waals surface area contributed by atoms with Crippen LogP contribution in [0.2, 0.25) is 0 Å². The smallest absolute Gasteiger partial charge is 0.390 e. The van der Waals surface area contributed by atoms with Gasteiger partial charge in [-0.3, -0.25) is 0 Å². The molecule has 0 amide bonds. The topological polar surface area (TPSA) is 122 Å². The van der Waals surface area contributed by atoms with Gasteiger partial charge in [-0.1, -0.05) is 13.8 Å². The molecule has 3 N–H and O–H groups in total. The lowest BCUT2D eigenvalue weighted by Gasteiger charge is -2.36. The molecule has 0 saturated carbocycles. The third kappa shape index (κ3) is 5.05. The minimum atomic E-state index is -4.74. The number of aliphatic hydroxyl groups is 1. The Morgan fingerprint density at radius 2 is 1.65 bits per heavy atom. The van der Waals surface area contributed by atoms with Crippen LogP contribution in [-0.4, -0.2) is 45.9 Å². The van der Waals surface area contributed by atoms with Gasteiger partial charge in [-0.15, -0.1) is 0 Å². The molecule has 2 aromatic heterocycles. The van der Waals surface area contributed by atoms with Crippen molar-refractivity contribution in [2.45, 2.75) is 49.8 Å². The van der Waals surface area contributed by atoms with Gasteiger partial charge in [-0.05, 0) is 50.7 Å². The number of sulfonamides is 1. The van der Waals surface area contributed by atoms with Crippen molar-refractivity contribution >= 4 is 21.7 Å². The maximum Gasteiger partial charge on any atom is 0.421 e. The van der Waals surface area contributed by atoms with Crippen molar-refractivity contribution in [2.24, 2.45) is 0 Å². The zero-order valence-corrected chi connectivity index (χ0v) is 20.0. The van der Waals surface area contributed by atoms with E-state index in [-0.39, 0.29) is 10.8 Å². The van der Waals surface area contributed by atoms with Crippen LogP contribution in [0.1, 0.15) is 38.8 Å². The van der Waals surface area contributed by atoms with Gasteiger partial charge in [-0.2, -0.15) is 23.3 Å². The average Bonchev–Trinajstić information content (AvgIpc) is 3.23. The molecule has 9 nitrogen and oxygen atoms in total. The van der Waals surface area contributed by atoms with Gasteiger partial charge in [-0.25, -0.2) is 22.8 Å². The number of aromatic nitrogens is 4. The number of halogens is 3. The molecular weight excluding hydrogens is 473 g/mol. The Hall–Kier alpha value is -3.03. The summed E-state index contributed by atoms with van der Waals surface area (Å²) in [6.07, 6.45) is -1.33. The molecule has 0 aliphatic rings. The van der Waals surface area contributed by atoms with E-state index in [2.05, 4.69) is 25.1 Å². The lowest BCUT2D eigenvalue weighted by atomic mass is 9.73. The largest absolute Gasteiger partial charge is 0.421 e. The second kappa shape index (κ2) is 8.64. The number of nitrogens with one attached hydrogen (secondary N) is 2. The maximum atomic E-state index is 13.7. The van der Waals surface area contributed by atoms with Crippen LogP contribution in [0.15, 0.2) is 47.8 Å². The number of alkyl halides is 3. The van der Waals surface area contributed by atoms with Crippen LogP contribution in [0.3, 0.4) is 0 Å². The van der Waals surface area contributed by atoms with E-state index in [1.54, 1.807) is 27.7 Å². The van der Waals surface area contributed by atoms with Crippen molar-refractivity contribution in [3.8, 4) is 5.82 Å². The van der Waals surface area contributed by atoms with Crippen LogP contribution >= 0.6 is 0 Å². The second-order valence-corrected chi connectivity index (χ2v) is 10.5. The fraction of sp³-hybridized carbons (Fsp3) is 0.381. The molecule has 3 rings (SSSR count). The summed E-state index contributed by atoms with van der Waals surface area (Å²) in [6, 6.07) is 5.53. The zero-order chi connectivity index (χ0) is 25.5. The van der Waals surface area contributed by atoms with Crippen LogP contribution in [0.25, 0.3) is 5.82 Å². The van der Waals surface area contributed by atoms with Gasteiger partial charge in [0.1, 0.15) is 5.56 Å². The first-order valence-corrected chi connectivity index (χ1v) is 11.6. The summed E-state index contributed by atoms with van der Waals surface area (Å²) in [5.74, 6) is -0.650. The van der Waals surface area contributed by atoms with Gasteiger partial charge in [0.25, 0.3) is 0 Å². The lowest BCUT2D eigenvalue weighted by molar-refractivity contribution is -0.138. The van der Waals surface area contributed by atoms with Crippen molar-refractivity contribution in [3.05, 3.63) is 54.0 Å². The van der Waals surface area contributed by atoms with Gasteiger partial charge in [0.05, 0.1) is 16.7 Å². The van der Waals surface area contributed by atoms with Crippen molar-refractivity contribution in [3.63, 3.8) is 0 Å². The molecule has 0 radical (unpaired) electrons. The summed E-state index contributed by atoms with van der Waals surface area (Å²) in [6.45, 7) is 6.71. The zero-order valence-electron chi connectivity index (χ0n) is 19.1. The molecule has 34 heavy (non-hydrogen) atoms. The minimum absolute atomic E-state index is 0.0214. The molecule has 0 bridgehead atoms. The van der Waals surface area contributed by atoms with Gasteiger partial charge in [0.15, 0.2) is 5.82 Å². The highest BCUT2D eigenvalue weighted by atomic mass is 32.2. The number of hydrogen-bond donors (Lipinski definition) is 3.